The van der Waals surface area contributed by atoms with E-state index >= 15 is 0 Å². The topological polar surface area (TPSA) is 64.7 Å². The number of halogens is 1. The van der Waals surface area contributed by atoms with Crippen molar-refractivity contribution in [2.45, 2.75) is 33.4 Å². The molecule has 0 amide bonds. The van der Waals surface area contributed by atoms with Crippen molar-refractivity contribution >= 4 is 17.3 Å². The van der Waals surface area contributed by atoms with Gasteiger partial charge in [-0.1, -0.05) is 18.5 Å². The van der Waals surface area contributed by atoms with Crippen LogP contribution in [0.4, 0.5) is 5.69 Å². The molecular formula is C13H18ClN5O. The molecule has 0 unspecified atom stereocenters. The van der Waals surface area contributed by atoms with E-state index in [0.29, 0.717) is 18.8 Å². The van der Waals surface area contributed by atoms with Crippen molar-refractivity contribution < 1.29 is 0 Å². The monoisotopic (exact) mass is 295 g/mol. The van der Waals surface area contributed by atoms with E-state index in [-0.39, 0.29) is 10.6 Å². The highest BCUT2D eigenvalue weighted by Crippen LogP contribution is 2.17. The molecule has 0 spiro atoms. The molecule has 0 bridgehead atoms. The lowest BCUT2D eigenvalue weighted by Crippen LogP contribution is -2.23. The Hall–Kier alpha value is -1.82. The summed E-state index contributed by atoms with van der Waals surface area (Å²) in [4.78, 5) is 11.9. The predicted molar refractivity (Wildman–Crippen MR) is 79.1 cm³/mol. The maximum atomic E-state index is 11.9. The number of aromatic nitrogens is 4. The van der Waals surface area contributed by atoms with Crippen molar-refractivity contribution in [3.8, 4) is 0 Å². The second-order valence-corrected chi connectivity index (χ2v) is 4.85. The SMILES string of the molecule is CCc1nn(C)cc1CNc1cnn(CC)c(=O)c1Cl. The van der Waals surface area contributed by atoms with Crippen molar-refractivity contribution in [1.82, 2.24) is 19.6 Å². The number of hydrogen-bond donors (Lipinski definition) is 1. The molecule has 108 valence electrons. The molecule has 2 aromatic heterocycles. The average Bonchev–Trinajstić information content (AvgIpc) is 2.81. The van der Waals surface area contributed by atoms with Gasteiger partial charge in [0.25, 0.3) is 5.56 Å². The summed E-state index contributed by atoms with van der Waals surface area (Å²) in [5.41, 5.74) is 2.39. The van der Waals surface area contributed by atoms with Crippen molar-refractivity contribution in [2.75, 3.05) is 5.32 Å². The van der Waals surface area contributed by atoms with Gasteiger partial charge in [0.1, 0.15) is 5.02 Å². The molecule has 2 rings (SSSR count). The lowest BCUT2D eigenvalue weighted by atomic mass is 10.2. The van der Waals surface area contributed by atoms with Crippen LogP contribution in [-0.2, 0) is 26.6 Å². The maximum Gasteiger partial charge on any atom is 0.287 e. The molecule has 2 aromatic rings. The molecule has 0 aromatic carbocycles. The Morgan fingerprint density at radius 2 is 2.15 bits per heavy atom. The van der Waals surface area contributed by atoms with E-state index in [4.69, 9.17) is 11.6 Å². The van der Waals surface area contributed by atoms with Crippen molar-refractivity contribution in [3.63, 3.8) is 0 Å². The first-order valence-electron chi connectivity index (χ1n) is 6.57. The van der Waals surface area contributed by atoms with Gasteiger partial charge in [0.15, 0.2) is 0 Å². The summed E-state index contributed by atoms with van der Waals surface area (Å²) in [6, 6.07) is 0. The van der Waals surface area contributed by atoms with Gasteiger partial charge >= 0.3 is 0 Å². The van der Waals surface area contributed by atoms with Crippen LogP contribution in [0.2, 0.25) is 5.02 Å². The number of rotatable bonds is 5. The highest BCUT2D eigenvalue weighted by atomic mass is 35.5. The molecule has 20 heavy (non-hydrogen) atoms. The number of hydrogen-bond acceptors (Lipinski definition) is 4. The van der Waals surface area contributed by atoms with Crippen LogP contribution in [0.15, 0.2) is 17.2 Å². The lowest BCUT2D eigenvalue weighted by molar-refractivity contribution is 0.616. The second kappa shape index (κ2) is 6.09. The normalized spacial score (nSPS) is 10.8. The summed E-state index contributed by atoms with van der Waals surface area (Å²) in [7, 11) is 1.89. The standard InChI is InChI=1S/C13H18ClN5O/c1-4-10-9(8-18(3)17-10)6-15-11-7-16-19(5-2)13(20)12(11)14/h7-8,15H,4-6H2,1-3H3. The first kappa shape index (κ1) is 14.6. The summed E-state index contributed by atoms with van der Waals surface area (Å²) >= 11 is 6.07. The zero-order valence-corrected chi connectivity index (χ0v) is 12.6. The summed E-state index contributed by atoms with van der Waals surface area (Å²) in [5.74, 6) is 0. The number of nitrogens with one attached hydrogen (secondary N) is 1. The fourth-order valence-electron chi connectivity index (χ4n) is 2.03. The molecule has 1 N–H and O–H groups in total. The highest BCUT2D eigenvalue weighted by molar-refractivity contribution is 6.32. The Morgan fingerprint density at radius 3 is 2.80 bits per heavy atom. The van der Waals surface area contributed by atoms with Crippen LogP contribution in [0, 0.1) is 0 Å². The molecule has 0 aliphatic carbocycles. The molecule has 0 fully saturated rings. The zero-order valence-electron chi connectivity index (χ0n) is 11.9. The third-order valence-corrected chi connectivity index (χ3v) is 3.45. The molecule has 2 heterocycles. The number of aryl methyl sites for hydroxylation is 3. The Morgan fingerprint density at radius 1 is 1.40 bits per heavy atom. The van der Waals surface area contributed by atoms with Gasteiger partial charge in [0, 0.05) is 31.9 Å². The Balaban J connectivity index is 2.19. The smallest absolute Gasteiger partial charge is 0.287 e. The molecule has 0 saturated heterocycles. The van der Waals surface area contributed by atoms with Crippen LogP contribution in [-0.4, -0.2) is 19.6 Å². The van der Waals surface area contributed by atoms with Gasteiger partial charge in [0.2, 0.25) is 0 Å². The van der Waals surface area contributed by atoms with Crippen LogP contribution in [0.5, 0.6) is 0 Å². The summed E-state index contributed by atoms with van der Waals surface area (Å²) in [6.07, 6.45) is 4.40. The number of anilines is 1. The van der Waals surface area contributed by atoms with E-state index in [1.165, 1.54) is 4.68 Å². The van der Waals surface area contributed by atoms with E-state index < -0.39 is 0 Å². The second-order valence-electron chi connectivity index (χ2n) is 4.47. The van der Waals surface area contributed by atoms with E-state index in [1.54, 1.807) is 10.9 Å². The van der Waals surface area contributed by atoms with E-state index in [0.717, 1.165) is 17.7 Å². The van der Waals surface area contributed by atoms with Crippen molar-refractivity contribution in [3.05, 3.63) is 39.0 Å². The van der Waals surface area contributed by atoms with E-state index in [2.05, 4.69) is 22.4 Å². The van der Waals surface area contributed by atoms with Crippen LogP contribution >= 0.6 is 11.6 Å². The first-order chi connectivity index (χ1) is 9.56. The van der Waals surface area contributed by atoms with Crippen LogP contribution < -0.4 is 10.9 Å². The van der Waals surface area contributed by atoms with Gasteiger partial charge in [-0.25, -0.2) is 4.68 Å². The van der Waals surface area contributed by atoms with Gasteiger partial charge in [-0.2, -0.15) is 10.2 Å². The maximum absolute atomic E-state index is 11.9. The summed E-state index contributed by atoms with van der Waals surface area (Å²) < 4.78 is 3.11. The van der Waals surface area contributed by atoms with Gasteiger partial charge in [-0.05, 0) is 13.3 Å². The molecule has 0 saturated carbocycles. The summed E-state index contributed by atoms with van der Waals surface area (Å²) in [6.45, 7) is 4.97. The van der Waals surface area contributed by atoms with Crippen LogP contribution in [0.1, 0.15) is 25.1 Å². The molecule has 7 heteroatoms. The van der Waals surface area contributed by atoms with Gasteiger partial charge in [-0.3, -0.25) is 9.48 Å². The Labute approximate surface area is 122 Å². The average molecular weight is 296 g/mol. The number of nitrogens with zero attached hydrogens (tertiary/aromatic N) is 4. The fourth-order valence-corrected chi connectivity index (χ4v) is 2.25. The molecule has 6 nitrogen and oxygen atoms in total. The van der Waals surface area contributed by atoms with Crippen LogP contribution in [0.3, 0.4) is 0 Å². The quantitative estimate of drug-likeness (QED) is 0.914. The van der Waals surface area contributed by atoms with E-state index in [9.17, 15) is 4.79 Å². The minimum absolute atomic E-state index is 0.170. The minimum Gasteiger partial charge on any atom is -0.378 e. The fraction of sp³-hybridized carbons (Fsp3) is 0.462. The predicted octanol–water partition coefficient (Wildman–Crippen LogP) is 1.82. The van der Waals surface area contributed by atoms with Crippen molar-refractivity contribution in [1.29, 1.82) is 0 Å². The van der Waals surface area contributed by atoms with E-state index in [1.807, 2.05) is 20.2 Å². The van der Waals surface area contributed by atoms with Gasteiger partial charge < -0.3 is 5.32 Å². The molecule has 0 aliphatic heterocycles. The zero-order chi connectivity index (χ0) is 14.7. The molecule has 0 radical (unpaired) electrons. The third-order valence-electron chi connectivity index (χ3n) is 3.08. The highest BCUT2D eigenvalue weighted by Gasteiger charge is 2.10. The van der Waals surface area contributed by atoms with Gasteiger partial charge in [0.05, 0.1) is 17.6 Å². The van der Waals surface area contributed by atoms with Crippen LogP contribution in [0.25, 0.3) is 0 Å². The van der Waals surface area contributed by atoms with Crippen molar-refractivity contribution in [2.24, 2.45) is 7.05 Å². The summed E-state index contributed by atoms with van der Waals surface area (Å²) in [5, 5.41) is 11.7. The third kappa shape index (κ3) is 2.85. The molecule has 0 atom stereocenters. The largest absolute Gasteiger partial charge is 0.378 e. The molecular weight excluding hydrogens is 278 g/mol. The lowest BCUT2D eigenvalue weighted by Gasteiger charge is -2.09. The molecule has 0 aliphatic rings. The minimum atomic E-state index is -0.277. The van der Waals surface area contributed by atoms with Gasteiger partial charge in [-0.15, -0.1) is 0 Å². The first-order valence-corrected chi connectivity index (χ1v) is 6.95. The Bertz CT molecular complexity index is 661. The Kier molecular flexibility index (Phi) is 4.44.